The first-order valence-corrected chi connectivity index (χ1v) is 22.6. The molecule has 9 rings (SSSR count). The zero-order chi connectivity index (χ0) is 41.6. The van der Waals surface area contributed by atoms with E-state index in [1.165, 1.54) is 20.7 Å². The van der Waals surface area contributed by atoms with Gasteiger partial charge in [-0.3, -0.25) is 0 Å². The molecular formula is C58H45NOSi. The quantitative estimate of drug-likeness (QED) is 0.0656. The zero-order valence-corrected chi connectivity index (χ0v) is 35.0. The third-order valence-corrected chi connectivity index (χ3v) is 16.3. The number of hydrogen-bond acceptors (Lipinski definition) is 2. The van der Waals surface area contributed by atoms with Gasteiger partial charge in [-0.25, -0.2) is 0 Å². The summed E-state index contributed by atoms with van der Waals surface area (Å²) in [6.07, 6.45) is 12.1. The molecule has 0 radical (unpaired) electrons. The second kappa shape index (κ2) is 17.2. The molecule has 0 unspecified atom stereocenters. The number of furan rings is 1. The van der Waals surface area contributed by atoms with Gasteiger partial charge in [-0.1, -0.05) is 208 Å². The SMILES string of the molecule is C=C/C(=C\C=C\c1cccc([Si](c2ccccc2)(c2ccccc2)c2ccccc2)c1)N(c1ccc2c(c1)oc1cc(-c3ccccc3)ccc12)c1cccc(C=C)c1C=C. The Hall–Kier alpha value is -7.72. The van der Waals surface area contributed by atoms with Crippen molar-refractivity contribution in [3.8, 4) is 11.1 Å². The predicted molar refractivity (Wildman–Crippen MR) is 265 cm³/mol. The fourth-order valence-electron chi connectivity index (χ4n) is 8.74. The standard InChI is InChI=1S/C58H45NOSi/c1-4-44-26-21-35-56(53(44)6-3)59(48-37-39-55-54-38-36-46(45-24-11-7-12-25-45)41-57(54)60-58(55)42-48)47(5-2)27-19-22-43-23-20-34-52(40-43)61(49-28-13-8-14-29-49,50-30-15-9-16-31-50)51-32-17-10-18-33-51/h4-42H,1-3H2/b22-19+,47-27+. The van der Waals surface area contributed by atoms with Gasteiger partial charge < -0.3 is 9.32 Å². The van der Waals surface area contributed by atoms with Crippen LogP contribution in [0.5, 0.6) is 0 Å². The van der Waals surface area contributed by atoms with Crippen molar-refractivity contribution in [2.45, 2.75) is 0 Å². The maximum absolute atomic E-state index is 6.61. The number of nitrogens with zero attached hydrogens (tertiary/aromatic N) is 1. The van der Waals surface area contributed by atoms with Gasteiger partial charge in [0.05, 0.1) is 5.69 Å². The second-order valence-corrected chi connectivity index (χ2v) is 18.8. The lowest BCUT2D eigenvalue weighted by molar-refractivity contribution is 0.669. The number of anilines is 2. The van der Waals surface area contributed by atoms with Crippen LogP contribution in [0.15, 0.2) is 248 Å². The molecule has 0 spiro atoms. The first kappa shape index (κ1) is 38.8. The molecule has 0 N–H and O–H groups in total. The number of rotatable bonds is 13. The first-order chi connectivity index (χ1) is 30.1. The molecule has 0 aliphatic carbocycles. The third-order valence-electron chi connectivity index (χ3n) is 11.6. The van der Waals surface area contributed by atoms with Crippen molar-refractivity contribution in [1.82, 2.24) is 0 Å². The first-order valence-electron chi connectivity index (χ1n) is 20.6. The summed E-state index contributed by atoms with van der Waals surface area (Å²) in [5, 5.41) is 7.49. The Labute approximate surface area is 359 Å². The summed E-state index contributed by atoms with van der Waals surface area (Å²) in [4.78, 5) is 2.22. The van der Waals surface area contributed by atoms with Crippen molar-refractivity contribution in [2.75, 3.05) is 4.90 Å². The summed E-state index contributed by atoms with van der Waals surface area (Å²) in [6.45, 7) is 12.7. The smallest absolute Gasteiger partial charge is 0.179 e. The lowest BCUT2D eigenvalue weighted by atomic mass is 10.0. The molecule has 0 saturated carbocycles. The number of hydrogen-bond donors (Lipinski definition) is 0. The normalized spacial score (nSPS) is 11.8. The van der Waals surface area contributed by atoms with E-state index in [9.17, 15) is 0 Å². The lowest BCUT2D eigenvalue weighted by Gasteiger charge is -2.34. The lowest BCUT2D eigenvalue weighted by Crippen LogP contribution is -2.74. The summed E-state index contributed by atoms with van der Waals surface area (Å²) in [7, 11) is -2.68. The molecule has 0 bridgehead atoms. The average molecular weight is 800 g/mol. The maximum atomic E-state index is 6.61. The van der Waals surface area contributed by atoms with Gasteiger partial charge in [0.2, 0.25) is 0 Å². The molecule has 1 aromatic heterocycles. The zero-order valence-electron chi connectivity index (χ0n) is 34.0. The van der Waals surface area contributed by atoms with Gasteiger partial charge in [0.25, 0.3) is 0 Å². The molecular weight excluding hydrogens is 755 g/mol. The van der Waals surface area contributed by atoms with E-state index in [-0.39, 0.29) is 0 Å². The van der Waals surface area contributed by atoms with E-state index in [2.05, 4.69) is 237 Å². The van der Waals surface area contributed by atoms with Crippen molar-refractivity contribution in [2.24, 2.45) is 0 Å². The van der Waals surface area contributed by atoms with Gasteiger partial charge in [0.1, 0.15) is 11.2 Å². The van der Waals surface area contributed by atoms with E-state index in [4.69, 9.17) is 4.42 Å². The van der Waals surface area contributed by atoms with Crippen LogP contribution < -0.4 is 25.6 Å². The number of fused-ring (bicyclic) bond motifs is 3. The molecule has 2 nitrogen and oxygen atoms in total. The van der Waals surface area contributed by atoms with E-state index < -0.39 is 8.07 Å². The molecule has 0 aliphatic rings. The summed E-state index contributed by atoms with van der Waals surface area (Å²) < 4.78 is 6.61. The molecule has 8 aromatic carbocycles. The van der Waals surface area contributed by atoms with Gasteiger partial charge in [-0.2, -0.15) is 0 Å². The number of benzene rings is 8. The van der Waals surface area contributed by atoms with Crippen LogP contribution in [-0.4, -0.2) is 8.07 Å². The van der Waals surface area contributed by atoms with Crippen molar-refractivity contribution >= 4 is 80.4 Å². The van der Waals surface area contributed by atoms with Gasteiger partial charge in [-0.05, 0) is 85.5 Å². The van der Waals surface area contributed by atoms with E-state index in [1.807, 2.05) is 24.3 Å². The summed E-state index contributed by atoms with van der Waals surface area (Å²) in [5.41, 5.74) is 9.80. The monoisotopic (exact) mass is 799 g/mol. The highest BCUT2D eigenvalue weighted by Gasteiger charge is 2.41. The molecule has 0 saturated heterocycles. The van der Waals surface area contributed by atoms with Crippen LogP contribution in [0, 0.1) is 0 Å². The Morgan fingerprint density at radius 2 is 1.07 bits per heavy atom. The largest absolute Gasteiger partial charge is 0.456 e. The Kier molecular flexibility index (Phi) is 11.0. The Balaban J connectivity index is 1.15. The molecule has 292 valence electrons. The van der Waals surface area contributed by atoms with Gasteiger partial charge in [0, 0.05) is 33.8 Å². The summed E-state index contributed by atoms with van der Waals surface area (Å²) >= 11 is 0. The molecule has 9 aromatic rings. The topological polar surface area (TPSA) is 16.4 Å². The summed E-state index contributed by atoms with van der Waals surface area (Å²) in [5.74, 6) is 0. The van der Waals surface area contributed by atoms with E-state index in [0.29, 0.717) is 0 Å². The molecule has 1 heterocycles. The minimum Gasteiger partial charge on any atom is -0.456 e. The highest BCUT2D eigenvalue weighted by molar-refractivity contribution is 7.19. The average Bonchev–Trinajstić information content (AvgIpc) is 3.70. The van der Waals surface area contributed by atoms with Crippen LogP contribution in [0.3, 0.4) is 0 Å². The van der Waals surface area contributed by atoms with Crippen LogP contribution in [0.1, 0.15) is 16.7 Å². The fraction of sp³-hybridized carbons (Fsp3) is 0. The van der Waals surface area contributed by atoms with Crippen LogP contribution in [0.4, 0.5) is 11.4 Å². The van der Waals surface area contributed by atoms with Gasteiger partial charge >= 0.3 is 0 Å². The van der Waals surface area contributed by atoms with Crippen molar-refractivity contribution in [1.29, 1.82) is 0 Å². The fourth-order valence-corrected chi connectivity index (χ4v) is 13.5. The molecule has 61 heavy (non-hydrogen) atoms. The molecule has 0 fully saturated rings. The maximum Gasteiger partial charge on any atom is 0.179 e. The Bertz CT molecular complexity index is 2970. The van der Waals surface area contributed by atoms with E-state index in [0.717, 1.165) is 66.8 Å². The van der Waals surface area contributed by atoms with Crippen LogP contribution in [-0.2, 0) is 0 Å². The highest BCUT2D eigenvalue weighted by atomic mass is 28.3. The Morgan fingerprint density at radius 1 is 0.492 bits per heavy atom. The minimum atomic E-state index is -2.68. The molecule has 0 amide bonds. The van der Waals surface area contributed by atoms with Crippen molar-refractivity contribution in [3.63, 3.8) is 0 Å². The number of allylic oxidation sites excluding steroid dienone is 3. The predicted octanol–water partition coefficient (Wildman–Crippen LogP) is 12.8. The molecule has 3 heteroatoms. The van der Waals surface area contributed by atoms with Crippen LogP contribution in [0.2, 0.25) is 0 Å². The highest BCUT2D eigenvalue weighted by Crippen LogP contribution is 2.39. The van der Waals surface area contributed by atoms with Gasteiger partial charge in [0.15, 0.2) is 8.07 Å². The van der Waals surface area contributed by atoms with Gasteiger partial charge in [-0.15, -0.1) is 0 Å². The summed E-state index contributed by atoms with van der Waals surface area (Å²) in [6, 6.07) is 71.7. The minimum absolute atomic E-state index is 0.807. The van der Waals surface area contributed by atoms with Crippen molar-refractivity contribution < 1.29 is 4.42 Å². The van der Waals surface area contributed by atoms with E-state index in [1.54, 1.807) is 0 Å². The second-order valence-electron chi connectivity index (χ2n) is 15.0. The molecule has 0 atom stereocenters. The van der Waals surface area contributed by atoms with Crippen molar-refractivity contribution in [3.05, 3.63) is 261 Å². The van der Waals surface area contributed by atoms with E-state index >= 15 is 0 Å². The third kappa shape index (κ3) is 7.33. The van der Waals surface area contributed by atoms with Crippen LogP contribution in [0.25, 0.3) is 51.3 Å². The molecule has 0 aliphatic heterocycles. The Morgan fingerprint density at radius 3 is 1.67 bits per heavy atom. The van der Waals surface area contributed by atoms with Crippen LogP contribution >= 0.6 is 0 Å².